The van der Waals surface area contributed by atoms with Gasteiger partial charge in [-0.15, -0.1) is 0 Å². The number of halogens is 1. The largest absolute Gasteiger partial charge is 0.508 e. The zero-order chi connectivity index (χ0) is 20.0. The number of phenolic OH excluding ortho intramolecular Hbond substituents is 1. The lowest BCUT2D eigenvalue weighted by Gasteiger charge is -2.39. The third-order valence-corrected chi connectivity index (χ3v) is 5.68. The number of carbonyl (C=O) groups is 1. The molecule has 0 radical (unpaired) electrons. The highest BCUT2D eigenvalue weighted by Crippen LogP contribution is 2.31. The molecule has 4 rings (SSSR count). The van der Waals surface area contributed by atoms with Gasteiger partial charge in [0.1, 0.15) is 11.6 Å². The van der Waals surface area contributed by atoms with Crippen LogP contribution in [0.5, 0.6) is 5.75 Å². The molecule has 2 N–H and O–H groups in total. The Hall–Kier alpha value is -2.80. The van der Waals surface area contributed by atoms with Crippen molar-refractivity contribution >= 4 is 11.6 Å². The van der Waals surface area contributed by atoms with Crippen LogP contribution in [-0.2, 0) is 6.54 Å². The molecule has 2 aliphatic heterocycles. The van der Waals surface area contributed by atoms with E-state index < -0.39 is 5.82 Å². The van der Waals surface area contributed by atoms with Crippen LogP contribution in [0, 0.1) is 5.82 Å². The summed E-state index contributed by atoms with van der Waals surface area (Å²) in [5.41, 5.74) is 3.35. The average Bonchev–Trinajstić information content (AvgIpc) is 3.04. The number of nitrogens with zero attached hydrogens (tertiary/aromatic N) is 3. The first kappa shape index (κ1) is 18.6. The molecule has 2 aliphatic rings. The van der Waals surface area contributed by atoms with Gasteiger partial charge in [-0.25, -0.2) is 9.37 Å². The Balaban J connectivity index is 1.83. The molecule has 0 aliphatic carbocycles. The normalized spacial score (nSPS) is 21.4. The number of phenols is 1. The summed E-state index contributed by atoms with van der Waals surface area (Å²) in [5, 5.41) is 12.9. The van der Waals surface area contributed by atoms with Gasteiger partial charge in [0.25, 0.3) is 5.91 Å². The summed E-state index contributed by atoms with van der Waals surface area (Å²) < 4.78 is 14.4. The quantitative estimate of drug-likeness (QED) is 0.837. The summed E-state index contributed by atoms with van der Waals surface area (Å²) in [7, 11) is 0. The van der Waals surface area contributed by atoms with E-state index >= 15 is 0 Å². The van der Waals surface area contributed by atoms with E-state index in [1.165, 1.54) is 12.1 Å². The average molecular weight is 382 g/mol. The molecule has 0 spiro atoms. The third-order valence-electron chi connectivity index (χ3n) is 5.68. The van der Waals surface area contributed by atoms with Crippen LogP contribution in [0.2, 0.25) is 0 Å². The molecule has 28 heavy (non-hydrogen) atoms. The zero-order valence-electron chi connectivity index (χ0n) is 16.2. The molecule has 2 atom stereocenters. The summed E-state index contributed by atoms with van der Waals surface area (Å²) in [6.07, 6.45) is 0. The first-order chi connectivity index (χ1) is 13.4. The molecule has 1 amide bonds. The third kappa shape index (κ3) is 3.05. The fourth-order valence-corrected chi connectivity index (χ4v) is 3.90. The van der Waals surface area contributed by atoms with Crippen LogP contribution in [0.1, 0.15) is 42.4 Å². The predicted molar refractivity (Wildman–Crippen MR) is 105 cm³/mol. The maximum Gasteiger partial charge on any atom is 0.255 e. The number of nitrogens with one attached hydrogen (secondary N) is 1. The molecule has 0 saturated carbocycles. The number of amides is 1. The molecular formula is C21H23FN4O2. The molecule has 1 fully saturated rings. The van der Waals surface area contributed by atoms with Gasteiger partial charge in [0, 0.05) is 48.1 Å². The number of pyridine rings is 1. The second kappa shape index (κ2) is 6.98. The van der Waals surface area contributed by atoms with Gasteiger partial charge in [-0.2, -0.15) is 0 Å². The van der Waals surface area contributed by atoms with Crippen molar-refractivity contribution in [2.45, 2.75) is 39.4 Å². The van der Waals surface area contributed by atoms with E-state index in [1.807, 2.05) is 18.7 Å². The Morgan fingerprint density at radius 2 is 2.11 bits per heavy atom. The number of aromatic hydroxyl groups is 1. The van der Waals surface area contributed by atoms with Gasteiger partial charge in [0.15, 0.2) is 0 Å². The highest BCUT2D eigenvalue weighted by Gasteiger charge is 2.32. The van der Waals surface area contributed by atoms with Crippen LogP contribution in [-0.4, -0.2) is 51.8 Å². The van der Waals surface area contributed by atoms with Crippen LogP contribution in [0.3, 0.4) is 0 Å². The van der Waals surface area contributed by atoms with Crippen LogP contribution in [0.15, 0.2) is 29.3 Å². The lowest BCUT2D eigenvalue weighted by Crippen LogP contribution is -2.57. The summed E-state index contributed by atoms with van der Waals surface area (Å²) in [4.78, 5) is 24.3. The van der Waals surface area contributed by atoms with E-state index in [0.717, 1.165) is 23.9 Å². The minimum atomic E-state index is -0.578. The van der Waals surface area contributed by atoms with Gasteiger partial charge in [0.05, 0.1) is 23.5 Å². The number of piperazine rings is 1. The lowest BCUT2D eigenvalue weighted by molar-refractivity contribution is 0.0602. The standard InChI is InChI=1S/C21H23FN4O2/c1-11-13(3)26(7-6-23-11)21(28)16-9-18(15-5-4-14(27)8-17(15)22)25-19-10-24-12(2)20(16)19/h4-5,8-9,11,13,23,27H,6-7,10H2,1-3H3/t11-,13+/m0/s1. The van der Waals surface area contributed by atoms with Crippen LogP contribution in [0.25, 0.3) is 11.3 Å². The minimum absolute atomic E-state index is 0.0394. The monoisotopic (exact) mass is 382 g/mol. The number of fused-ring (bicyclic) bond motifs is 1. The van der Waals surface area contributed by atoms with Crippen molar-refractivity contribution in [1.82, 2.24) is 15.2 Å². The SMILES string of the molecule is CC1=NCc2nc(-c3ccc(O)cc3F)cc(C(=O)N3CCN[C@@H](C)[C@H]3C)c21. The maximum atomic E-state index is 14.4. The molecule has 2 aromatic rings. The second-order valence-corrected chi connectivity index (χ2v) is 7.42. The summed E-state index contributed by atoms with van der Waals surface area (Å²) >= 11 is 0. The Bertz CT molecular complexity index is 989. The van der Waals surface area contributed by atoms with Gasteiger partial charge >= 0.3 is 0 Å². The molecular weight excluding hydrogens is 359 g/mol. The van der Waals surface area contributed by atoms with Crippen LogP contribution < -0.4 is 5.32 Å². The lowest BCUT2D eigenvalue weighted by atomic mass is 9.97. The molecule has 1 aromatic heterocycles. The maximum absolute atomic E-state index is 14.4. The van der Waals surface area contributed by atoms with Crippen LogP contribution >= 0.6 is 0 Å². The topological polar surface area (TPSA) is 77.8 Å². The smallest absolute Gasteiger partial charge is 0.255 e. The van der Waals surface area contributed by atoms with Crippen molar-refractivity contribution in [3.05, 3.63) is 46.9 Å². The highest BCUT2D eigenvalue weighted by molar-refractivity contribution is 6.11. The van der Waals surface area contributed by atoms with E-state index in [4.69, 9.17) is 0 Å². The van der Waals surface area contributed by atoms with E-state index in [2.05, 4.69) is 22.2 Å². The van der Waals surface area contributed by atoms with E-state index in [-0.39, 0.29) is 29.3 Å². The summed E-state index contributed by atoms with van der Waals surface area (Å²) in [6.45, 7) is 7.68. The molecule has 1 aromatic carbocycles. The second-order valence-electron chi connectivity index (χ2n) is 7.42. The van der Waals surface area contributed by atoms with Crippen molar-refractivity contribution in [3.63, 3.8) is 0 Å². The first-order valence-corrected chi connectivity index (χ1v) is 9.45. The Labute approximate surface area is 163 Å². The number of rotatable bonds is 2. The van der Waals surface area contributed by atoms with Crippen molar-refractivity contribution in [2.75, 3.05) is 13.1 Å². The van der Waals surface area contributed by atoms with Gasteiger partial charge < -0.3 is 15.3 Å². The Morgan fingerprint density at radius 3 is 2.86 bits per heavy atom. The fourth-order valence-electron chi connectivity index (χ4n) is 3.90. The zero-order valence-corrected chi connectivity index (χ0v) is 16.2. The highest BCUT2D eigenvalue weighted by atomic mass is 19.1. The van der Waals surface area contributed by atoms with Crippen LogP contribution in [0.4, 0.5) is 4.39 Å². The van der Waals surface area contributed by atoms with Crippen molar-refractivity contribution < 1.29 is 14.3 Å². The Kier molecular flexibility index (Phi) is 4.63. The molecule has 1 saturated heterocycles. The van der Waals surface area contributed by atoms with E-state index in [9.17, 15) is 14.3 Å². The number of aliphatic imine (C=N–C) groups is 1. The van der Waals surface area contributed by atoms with E-state index in [0.29, 0.717) is 30.0 Å². The molecule has 0 bridgehead atoms. The number of aromatic nitrogens is 1. The Morgan fingerprint density at radius 1 is 1.32 bits per heavy atom. The van der Waals surface area contributed by atoms with Gasteiger partial charge in [-0.3, -0.25) is 9.79 Å². The van der Waals surface area contributed by atoms with Gasteiger partial charge in [-0.1, -0.05) is 0 Å². The fraction of sp³-hybridized carbons (Fsp3) is 0.381. The summed E-state index contributed by atoms with van der Waals surface area (Å²) in [6, 6.07) is 5.82. The van der Waals surface area contributed by atoms with Gasteiger partial charge in [0.2, 0.25) is 0 Å². The van der Waals surface area contributed by atoms with Crippen molar-refractivity contribution in [2.24, 2.45) is 4.99 Å². The molecule has 3 heterocycles. The van der Waals surface area contributed by atoms with Gasteiger partial charge in [-0.05, 0) is 39.0 Å². The first-order valence-electron chi connectivity index (χ1n) is 9.45. The number of benzene rings is 1. The number of hydrogen-bond acceptors (Lipinski definition) is 5. The molecule has 146 valence electrons. The molecule has 0 unspecified atom stereocenters. The molecule has 6 nitrogen and oxygen atoms in total. The predicted octanol–water partition coefficient (Wildman–Crippen LogP) is 2.74. The summed E-state index contributed by atoms with van der Waals surface area (Å²) in [5.74, 6) is -0.816. The number of hydrogen-bond donors (Lipinski definition) is 2. The van der Waals surface area contributed by atoms with Crippen molar-refractivity contribution in [1.29, 1.82) is 0 Å². The number of carbonyl (C=O) groups excluding carboxylic acids is 1. The van der Waals surface area contributed by atoms with E-state index in [1.54, 1.807) is 6.07 Å². The molecule has 7 heteroatoms. The minimum Gasteiger partial charge on any atom is -0.508 e. The van der Waals surface area contributed by atoms with Crippen molar-refractivity contribution in [3.8, 4) is 17.0 Å².